The van der Waals surface area contributed by atoms with Crippen LogP contribution in [-0.4, -0.2) is 41.2 Å². The van der Waals surface area contributed by atoms with E-state index in [9.17, 15) is 8.78 Å². The van der Waals surface area contributed by atoms with Gasteiger partial charge in [-0.2, -0.15) is 0 Å². The molecule has 1 aliphatic heterocycles. The van der Waals surface area contributed by atoms with Gasteiger partial charge in [0.25, 0.3) is 0 Å². The first-order chi connectivity index (χ1) is 9.15. The van der Waals surface area contributed by atoms with Gasteiger partial charge in [-0.05, 0) is 6.92 Å². The third-order valence-electron chi connectivity index (χ3n) is 3.53. The van der Waals surface area contributed by atoms with Crippen LogP contribution in [0.4, 0.5) is 8.78 Å². The number of aromatic amines is 1. The monoisotopic (exact) mass is 267 g/mol. The van der Waals surface area contributed by atoms with Gasteiger partial charge in [-0.25, -0.2) is 13.8 Å². The van der Waals surface area contributed by atoms with Crippen LogP contribution in [0.1, 0.15) is 18.8 Å². The number of rotatable bonds is 2. The average molecular weight is 267 g/mol. The predicted octanol–water partition coefficient (Wildman–Crippen LogP) is 2.23. The summed E-state index contributed by atoms with van der Waals surface area (Å²) in [6.45, 7) is 5.10. The highest BCUT2D eigenvalue weighted by Gasteiger charge is 2.21. The maximum Gasteiger partial charge on any atom is 0.161 e. The summed E-state index contributed by atoms with van der Waals surface area (Å²) in [5.41, 5.74) is 0.975. The Morgan fingerprint density at radius 3 is 2.68 bits per heavy atom. The Hall–Kier alpha value is -1.53. The van der Waals surface area contributed by atoms with Crippen LogP contribution in [-0.2, 0) is 4.74 Å². The summed E-state index contributed by atoms with van der Waals surface area (Å²) >= 11 is 0. The number of morpholine rings is 1. The minimum absolute atomic E-state index is 0.0717. The first kappa shape index (κ1) is 12.5. The molecule has 2 heterocycles. The number of H-pyrrole nitrogens is 1. The lowest BCUT2D eigenvalue weighted by Gasteiger charge is -2.31. The van der Waals surface area contributed by atoms with Crippen molar-refractivity contribution in [3.63, 3.8) is 0 Å². The molecule has 19 heavy (non-hydrogen) atoms. The Bertz CT molecular complexity index is 554. The van der Waals surface area contributed by atoms with Crippen molar-refractivity contribution in [1.82, 2.24) is 14.9 Å². The normalized spacial score (nSPS) is 18.9. The summed E-state index contributed by atoms with van der Waals surface area (Å²) < 4.78 is 31.6. The minimum Gasteiger partial charge on any atom is -0.379 e. The maximum absolute atomic E-state index is 13.2. The molecule has 1 aromatic carbocycles. The molecule has 0 spiro atoms. The third kappa shape index (κ3) is 2.33. The van der Waals surface area contributed by atoms with E-state index in [1.807, 2.05) is 6.92 Å². The molecule has 0 aliphatic carbocycles. The fourth-order valence-corrected chi connectivity index (χ4v) is 2.36. The second-order valence-electron chi connectivity index (χ2n) is 4.73. The zero-order chi connectivity index (χ0) is 13.4. The summed E-state index contributed by atoms with van der Waals surface area (Å²) in [5.74, 6) is -1.01. The van der Waals surface area contributed by atoms with Gasteiger partial charge in [-0.3, -0.25) is 4.90 Å². The molecule has 1 aromatic heterocycles. The molecule has 102 valence electrons. The van der Waals surface area contributed by atoms with Crippen LogP contribution in [0.2, 0.25) is 0 Å². The number of hydrogen-bond acceptors (Lipinski definition) is 3. The van der Waals surface area contributed by atoms with Crippen molar-refractivity contribution in [1.29, 1.82) is 0 Å². The number of ether oxygens (including phenoxy) is 1. The van der Waals surface area contributed by atoms with Crippen molar-refractivity contribution in [3.05, 3.63) is 29.6 Å². The number of nitrogens with one attached hydrogen (secondary N) is 1. The van der Waals surface area contributed by atoms with Gasteiger partial charge in [0.2, 0.25) is 0 Å². The van der Waals surface area contributed by atoms with E-state index < -0.39 is 11.6 Å². The van der Waals surface area contributed by atoms with Crippen LogP contribution < -0.4 is 0 Å². The number of imidazole rings is 1. The van der Waals surface area contributed by atoms with E-state index in [1.165, 1.54) is 0 Å². The van der Waals surface area contributed by atoms with Gasteiger partial charge in [-0.1, -0.05) is 0 Å². The van der Waals surface area contributed by atoms with Crippen LogP contribution in [0.5, 0.6) is 0 Å². The summed E-state index contributed by atoms with van der Waals surface area (Å²) in [6.07, 6.45) is 0. The lowest BCUT2D eigenvalue weighted by molar-refractivity contribution is 0.0184. The van der Waals surface area contributed by atoms with Crippen molar-refractivity contribution in [2.75, 3.05) is 26.3 Å². The predicted molar refractivity (Wildman–Crippen MR) is 66.8 cm³/mol. The number of hydrogen-bond donors (Lipinski definition) is 1. The van der Waals surface area contributed by atoms with Gasteiger partial charge < -0.3 is 9.72 Å². The fourth-order valence-electron chi connectivity index (χ4n) is 2.36. The van der Waals surface area contributed by atoms with Crippen molar-refractivity contribution in [3.8, 4) is 0 Å². The molecule has 0 bridgehead atoms. The Morgan fingerprint density at radius 2 is 1.95 bits per heavy atom. The molecule has 2 aromatic rings. The summed E-state index contributed by atoms with van der Waals surface area (Å²) in [4.78, 5) is 9.64. The molecule has 1 unspecified atom stereocenters. The third-order valence-corrected chi connectivity index (χ3v) is 3.53. The van der Waals surface area contributed by atoms with E-state index in [1.54, 1.807) is 0 Å². The molecular weight excluding hydrogens is 252 g/mol. The van der Waals surface area contributed by atoms with Crippen molar-refractivity contribution in [2.24, 2.45) is 0 Å². The minimum atomic E-state index is -0.871. The first-order valence-corrected chi connectivity index (χ1v) is 6.31. The molecule has 3 rings (SSSR count). The topological polar surface area (TPSA) is 41.2 Å². The Morgan fingerprint density at radius 1 is 1.26 bits per heavy atom. The van der Waals surface area contributed by atoms with Crippen LogP contribution in [0.25, 0.3) is 11.0 Å². The van der Waals surface area contributed by atoms with Crippen LogP contribution in [0.15, 0.2) is 12.1 Å². The summed E-state index contributed by atoms with van der Waals surface area (Å²) in [5, 5.41) is 0. The second-order valence-corrected chi connectivity index (χ2v) is 4.73. The summed E-state index contributed by atoms with van der Waals surface area (Å²) in [7, 11) is 0. The average Bonchev–Trinajstić information content (AvgIpc) is 2.82. The zero-order valence-corrected chi connectivity index (χ0v) is 10.6. The number of benzene rings is 1. The molecule has 0 radical (unpaired) electrons. The number of halogens is 2. The van der Waals surface area contributed by atoms with Crippen LogP contribution in [0.3, 0.4) is 0 Å². The lowest BCUT2D eigenvalue weighted by atomic mass is 10.2. The highest BCUT2D eigenvalue weighted by molar-refractivity contribution is 5.75. The Labute approximate surface area is 109 Å². The van der Waals surface area contributed by atoms with E-state index in [4.69, 9.17) is 4.74 Å². The standard InChI is InChI=1S/C13H15F2N3O/c1-8(18-2-4-19-5-3-18)13-16-11-6-9(14)10(15)7-12(11)17-13/h6-8H,2-5H2,1H3,(H,16,17). The highest BCUT2D eigenvalue weighted by atomic mass is 19.2. The van der Waals surface area contributed by atoms with Crippen LogP contribution >= 0.6 is 0 Å². The van der Waals surface area contributed by atoms with Gasteiger partial charge in [-0.15, -0.1) is 0 Å². The van der Waals surface area contributed by atoms with Crippen molar-refractivity contribution < 1.29 is 13.5 Å². The van der Waals surface area contributed by atoms with Gasteiger partial charge in [0.05, 0.1) is 30.3 Å². The Kier molecular flexibility index (Phi) is 3.20. The molecule has 1 atom stereocenters. The molecule has 6 heteroatoms. The first-order valence-electron chi connectivity index (χ1n) is 6.31. The molecule has 0 amide bonds. The van der Waals surface area contributed by atoms with Gasteiger partial charge in [0.15, 0.2) is 11.6 Å². The largest absolute Gasteiger partial charge is 0.379 e. The van der Waals surface area contributed by atoms with Gasteiger partial charge in [0, 0.05) is 25.2 Å². The van der Waals surface area contributed by atoms with Gasteiger partial charge in [0.1, 0.15) is 5.82 Å². The quantitative estimate of drug-likeness (QED) is 0.907. The number of fused-ring (bicyclic) bond motifs is 1. The summed E-state index contributed by atoms with van der Waals surface area (Å²) in [6, 6.07) is 2.34. The highest BCUT2D eigenvalue weighted by Crippen LogP contribution is 2.23. The van der Waals surface area contributed by atoms with E-state index in [0.717, 1.165) is 31.0 Å². The number of aromatic nitrogens is 2. The van der Waals surface area contributed by atoms with E-state index >= 15 is 0 Å². The lowest BCUT2D eigenvalue weighted by Crippen LogP contribution is -2.38. The zero-order valence-electron chi connectivity index (χ0n) is 10.6. The maximum atomic E-state index is 13.2. The smallest absolute Gasteiger partial charge is 0.161 e. The molecule has 1 N–H and O–H groups in total. The van der Waals surface area contributed by atoms with Crippen molar-refractivity contribution >= 4 is 11.0 Å². The SMILES string of the molecule is CC(c1nc2cc(F)c(F)cc2[nH]1)N1CCOCC1. The number of nitrogens with zero attached hydrogens (tertiary/aromatic N) is 2. The van der Waals surface area contributed by atoms with E-state index in [2.05, 4.69) is 14.9 Å². The molecule has 1 saturated heterocycles. The molecular formula is C13H15F2N3O. The second kappa shape index (κ2) is 4.86. The van der Waals surface area contributed by atoms with E-state index in [-0.39, 0.29) is 6.04 Å². The molecule has 1 aliphatic rings. The molecule has 4 nitrogen and oxygen atoms in total. The van der Waals surface area contributed by atoms with Gasteiger partial charge >= 0.3 is 0 Å². The van der Waals surface area contributed by atoms with Crippen LogP contribution in [0, 0.1) is 11.6 Å². The van der Waals surface area contributed by atoms with Crippen molar-refractivity contribution in [2.45, 2.75) is 13.0 Å². The fraction of sp³-hybridized carbons (Fsp3) is 0.462. The van der Waals surface area contributed by atoms with E-state index in [0.29, 0.717) is 24.2 Å². The molecule has 1 fully saturated rings. The Balaban J connectivity index is 1.91. The molecule has 0 saturated carbocycles.